The number of fused-ring (bicyclic) bond motifs is 1. The second kappa shape index (κ2) is 8.45. The Morgan fingerprint density at radius 2 is 1.81 bits per heavy atom. The molecule has 0 saturated heterocycles. The zero-order valence-corrected chi connectivity index (χ0v) is 15.6. The number of hydrogen-bond acceptors (Lipinski definition) is 3. The first kappa shape index (κ1) is 18.6. The second-order valence-electron chi connectivity index (χ2n) is 6.33. The highest BCUT2D eigenvalue weighted by Crippen LogP contribution is 2.25. The molecule has 27 heavy (non-hydrogen) atoms. The quantitative estimate of drug-likeness (QED) is 0.716. The van der Waals surface area contributed by atoms with Gasteiger partial charge in [0.25, 0.3) is 0 Å². The van der Waals surface area contributed by atoms with Crippen molar-refractivity contribution in [2.45, 2.75) is 26.7 Å². The lowest BCUT2D eigenvalue weighted by Crippen LogP contribution is -2.32. The average molecular weight is 361 g/mol. The van der Waals surface area contributed by atoms with Crippen LogP contribution in [0.5, 0.6) is 0 Å². The Hall–Kier alpha value is -3.21. The van der Waals surface area contributed by atoms with E-state index in [1.807, 2.05) is 54.6 Å². The van der Waals surface area contributed by atoms with Crippen LogP contribution in [0.1, 0.15) is 25.8 Å². The molecule has 3 aromatic rings. The van der Waals surface area contributed by atoms with Gasteiger partial charge in [-0.1, -0.05) is 43.3 Å². The molecule has 5 nitrogen and oxygen atoms in total. The first-order chi connectivity index (χ1) is 13.1. The maximum Gasteiger partial charge on any atom is 0.226 e. The molecule has 0 bridgehead atoms. The molecular formula is C22H23N3O2. The zero-order chi connectivity index (χ0) is 19.2. The second-order valence-corrected chi connectivity index (χ2v) is 6.33. The number of pyridine rings is 1. The molecule has 0 atom stereocenters. The van der Waals surface area contributed by atoms with Gasteiger partial charge in [-0.15, -0.1) is 0 Å². The fraction of sp³-hybridized carbons (Fsp3) is 0.227. The van der Waals surface area contributed by atoms with Gasteiger partial charge in [-0.25, -0.2) is 0 Å². The molecule has 0 aliphatic carbocycles. The average Bonchev–Trinajstić information content (AvgIpc) is 2.68. The van der Waals surface area contributed by atoms with Crippen molar-refractivity contribution in [2.24, 2.45) is 0 Å². The van der Waals surface area contributed by atoms with E-state index in [1.54, 1.807) is 11.1 Å². The van der Waals surface area contributed by atoms with E-state index in [9.17, 15) is 9.59 Å². The number of hydrogen-bond donors (Lipinski definition) is 1. The Morgan fingerprint density at radius 1 is 1.04 bits per heavy atom. The highest BCUT2D eigenvalue weighted by molar-refractivity contribution is 6.02. The van der Waals surface area contributed by atoms with E-state index in [2.05, 4.69) is 17.2 Å². The fourth-order valence-corrected chi connectivity index (χ4v) is 3.13. The predicted molar refractivity (Wildman–Crippen MR) is 109 cm³/mol. The number of aromatic nitrogens is 1. The van der Waals surface area contributed by atoms with Crippen molar-refractivity contribution in [1.82, 2.24) is 4.98 Å². The van der Waals surface area contributed by atoms with Gasteiger partial charge in [0.1, 0.15) is 0 Å². The predicted octanol–water partition coefficient (Wildman–Crippen LogP) is 4.18. The van der Waals surface area contributed by atoms with E-state index in [4.69, 9.17) is 0 Å². The molecule has 0 unspecified atom stereocenters. The van der Waals surface area contributed by atoms with Crippen LogP contribution in [0.15, 0.2) is 60.8 Å². The smallest absolute Gasteiger partial charge is 0.226 e. The minimum Gasteiger partial charge on any atom is -0.326 e. The van der Waals surface area contributed by atoms with Crippen LogP contribution >= 0.6 is 0 Å². The third kappa shape index (κ3) is 4.31. The highest BCUT2D eigenvalue weighted by atomic mass is 16.2. The molecule has 1 N–H and O–H groups in total. The van der Waals surface area contributed by atoms with E-state index in [0.29, 0.717) is 6.54 Å². The van der Waals surface area contributed by atoms with Gasteiger partial charge < -0.3 is 10.2 Å². The van der Waals surface area contributed by atoms with Crippen molar-refractivity contribution in [2.75, 3.05) is 16.8 Å². The minimum atomic E-state index is -0.116. The molecule has 0 spiro atoms. The molecule has 2 aromatic carbocycles. The maximum atomic E-state index is 12.4. The summed E-state index contributed by atoms with van der Waals surface area (Å²) < 4.78 is 0. The number of nitrogens with one attached hydrogen (secondary N) is 1. The number of para-hydroxylation sites is 2. The largest absolute Gasteiger partial charge is 0.326 e. The molecule has 3 rings (SSSR count). The number of aryl methyl sites for hydroxylation is 1. The first-order valence-corrected chi connectivity index (χ1v) is 9.09. The van der Waals surface area contributed by atoms with Crippen LogP contribution in [0.3, 0.4) is 0 Å². The van der Waals surface area contributed by atoms with Crippen LogP contribution in [0.4, 0.5) is 11.4 Å². The Morgan fingerprint density at radius 3 is 2.59 bits per heavy atom. The summed E-state index contributed by atoms with van der Waals surface area (Å²) >= 11 is 0. The molecule has 1 heterocycles. The van der Waals surface area contributed by atoms with Gasteiger partial charge in [-0.05, 0) is 30.2 Å². The van der Waals surface area contributed by atoms with Crippen LogP contribution in [-0.4, -0.2) is 23.3 Å². The maximum absolute atomic E-state index is 12.4. The summed E-state index contributed by atoms with van der Waals surface area (Å²) in [7, 11) is 0. The summed E-state index contributed by atoms with van der Waals surface area (Å²) in [6, 6.07) is 17.3. The molecule has 0 radical (unpaired) electrons. The van der Waals surface area contributed by atoms with Gasteiger partial charge in [0, 0.05) is 37.2 Å². The Kier molecular flexibility index (Phi) is 5.81. The van der Waals surface area contributed by atoms with E-state index >= 15 is 0 Å². The highest BCUT2D eigenvalue weighted by Gasteiger charge is 2.17. The van der Waals surface area contributed by atoms with Gasteiger partial charge in [-0.3, -0.25) is 14.6 Å². The number of anilines is 2. The normalized spacial score (nSPS) is 10.6. The Labute approximate surface area is 159 Å². The van der Waals surface area contributed by atoms with Crippen LogP contribution in [-0.2, 0) is 16.0 Å². The number of amides is 2. The standard InChI is InChI=1S/C22H23N3O2/c1-3-17-8-4-5-11-19(17)24-21(27)13-15-25(16(2)26)20-12-6-9-18-10-7-14-23-22(18)20/h4-12,14H,3,13,15H2,1-2H3,(H,24,27). The van der Waals surface area contributed by atoms with Gasteiger partial charge >= 0.3 is 0 Å². The number of carbonyl (C=O) groups is 2. The van der Waals surface area contributed by atoms with Crippen molar-refractivity contribution in [3.8, 4) is 0 Å². The lowest BCUT2D eigenvalue weighted by molar-refractivity contribution is -0.117. The third-order valence-electron chi connectivity index (χ3n) is 4.52. The van der Waals surface area contributed by atoms with Crippen LogP contribution in [0.2, 0.25) is 0 Å². The summed E-state index contributed by atoms with van der Waals surface area (Å²) in [5.41, 5.74) is 3.40. The van der Waals surface area contributed by atoms with Gasteiger partial charge in [-0.2, -0.15) is 0 Å². The van der Waals surface area contributed by atoms with E-state index < -0.39 is 0 Å². The van der Waals surface area contributed by atoms with Gasteiger partial charge in [0.15, 0.2) is 0 Å². The molecule has 1 aromatic heterocycles. The summed E-state index contributed by atoms with van der Waals surface area (Å²) in [5.74, 6) is -0.231. The number of benzene rings is 2. The van der Waals surface area contributed by atoms with Crippen molar-refractivity contribution in [3.63, 3.8) is 0 Å². The molecule has 0 aliphatic heterocycles. The molecule has 0 fully saturated rings. The monoisotopic (exact) mass is 361 g/mol. The number of nitrogens with zero attached hydrogens (tertiary/aromatic N) is 2. The van der Waals surface area contributed by atoms with Crippen LogP contribution in [0, 0.1) is 0 Å². The molecule has 0 aliphatic rings. The van der Waals surface area contributed by atoms with Gasteiger partial charge in [0.05, 0.1) is 11.2 Å². The molecule has 0 saturated carbocycles. The Balaban J connectivity index is 1.75. The van der Waals surface area contributed by atoms with Crippen LogP contribution in [0.25, 0.3) is 10.9 Å². The lowest BCUT2D eigenvalue weighted by Gasteiger charge is -2.22. The van der Waals surface area contributed by atoms with Crippen molar-refractivity contribution < 1.29 is 9.59 Å². The van der Waals surface area contributed by atoms with Crippen molar-refractivity contribution >= 4 is 34.1 Å². The summed E-state index contributed by atoms with van der Waals surface area (Å²) in [6.45, 7) is 3.85. The van der Waals surface area contributed by atoms with Crippen LogP contribution < -0.4 is 10.2 Å². The first-order valence-electron chi connectivity index (χ1n) is 9.09. The lowest BCUT2D eigenvalue weighted by atomic mass is 10.1. The van der Waals surface area contributed by atoms with E-state index in [1.165, 1.54) is 6.92 Å². The topological polar surface area (TPSA) is 62.3 Å². The van der Waals surface area contributed by atoms with Crippen molar-refractivity contribution in [1.29, 1.82) is 0 Å². The zero-order valence-electron chi connectivity index (χ0n) is 15.6. The summed E-state index contributed by atoms with van der Waals surface area (Å²) in [4.78, 5) is 30.7. The van der Waals surface area contributed by atoms with E-state index in [0.717, 1.165) is 34.3 Å². The minimum absolute atomic E-state index is 0.115. The molecule has 2 amide bonds. The number of carbonyl (C=O) groups excluding carboxylic acids is 2. The summed E-state index contributed by atoms with van der Waals surface area (Å²) in [6.07, 6.45) is 2.76. The molecule has 5 heteroatoms. The van der Waals surface area contributed by atoms with E-state index in [-0.39, 0.29) is 18.2 Å². The molecule has 138 valence electrons. The fourth-order valence-electron chi connectivity index (χ4n) is 3.13. The third-order valence-corrected chi connectivity index (χ3v) is 4.52. The Bertz CT molecular complexity index is 963. The number of rotatable bonds is 6. The SMILES string of the molecule is CCc1ccccc1NC(=O)CCN(C(C)=O)c1cccc2cccnc12. The summed E-state index contributed by atoms with van der Waals surface area (Å²) in [5, 5.41) is 3.91. The molecular weight excluding hydrogens is 338 g/mol. The van der Waals surface area contributed by atoms with Gasteiger partial charge in [0.2, 0.25) is 11.8 Å². The van der Waals surface area contributed by atoms with Crippen molar-refractivity contribution in [3.05, 3.63) is 66.4 Å².